The van der Waals surface area contributed by atoms with Crippen LogP contribution in [0.25, 0.3) is 33.4 Å². The van der Waals surface area contributed by atoms with Crippen LogP contribution in [0.4, 0.5) is 32.0 Å². The number of hydrogen-bond acceptors (Lipinski definition) is 8. The van der Waals surface area contributed by atoms with Crippen LogP contribution >= 0.6 is 23.2 Å². The number of anilines is 1. The number of aromatic carboxylic acids is 1. The van der Waals surface area contributed by atoms with Gasteiger partial charge in [0.25, 0.3) is 11.8 Å². The minimum absolute atomic E-state index is 0.0994. The van der Waals surface area contributed by atoms with Crippen LogP contribution in [-0.4, -0.2) is 58.1 Å². The molecule has 49 heavy (non-hydrogen) atoms. The van der Waals surface area contributed by atoms with Gasteiger partial charge in [-0.2, -0.15) is 26.3 Å². The summed E-state index contributed by atoms with van der Waals surface area (Å²) in [7, 11) is 0. The number of amides is 4. The number of hydrogen-bond donors (Lipinski definition) is 2. The van der Waals surface area contributed by atoms with Crippen LogP contribution in [0.1, 0.15) is 33.6 Å². The van der Waals surface area contributed by atoms with Gasteiger partial charge in [-0.3, -0.25) is 19.2 Å². The van der Waals surface area contributed by atoms with E-state index in [1.54, 1.807) is 5.32 Å². The quantitative estimate of drug-likeness (QED) is 0.144. The van der Waals surface area contributed by atoms with Crippen molar-refractivity contribution < 1.29 is 69.5 Å². The number of carbonyl (C=O) groups is 6. The maximum Gasteiger partial charge on any atom is 0.473 e. The van der Waals surface area contributed by atoms with Crippen molar-refractivity contribution in [1.29, 1.82) is 0 Å². The van der Waals surface area contributed by atoms with Crippen molar-refractivity contribution in [3.63, 3.8) is 0 Å². The average Bonchev–Trinajstić information content (AvgIpc) is 3.31. The molecule has 2 heterocycles. The van der Waals surface area contributed by atoms with Gasteiger partial charge in [0.15, 0.2) is 0 Å². The lowest BCUT2D eigenvalue weighted by Gasteiger charge is -2.20. The first-order chi connectivity index (χ1) is 22.8. The standard InChI is InChI=1S/C29H13Cl2F6N3O9/c30-15-9-14(25(45)49-40-18(41)5-6-19(40)42)23(31)22(24(43)44)21(15)20-12-3-1-10(38-26(46)28(32,33)34)7-16(12)48-17-8-11(2-4-13(17)20)39-27(47)29(35,36)37/h1-4,7-9H,5-6H2,(H,38,46)(H,43,44)/b39-11-. The molecule has 1 saturated heterocycles. The molecule has 0 bridgehead atoms. The van der Waals surface area contributed by atoms with Crippen LogP contribution in [0.5, 0.6) is 0 Å². The smallest absolute Gasteiger partial charge is 0.473 e. The van der Waals surface area contributed by atoms with Crippen LogP contribution in [0.2, 0.25) is 10.0 Å². The Hall–Kier alpha value is -5.49. The third-order valence-corrected chi connectivity index (χ3v) is 7.46. The Morgan fingerprint density at radius 2 is 1.55 bits per heavy atom. The van der Waals surface area contributed by atoms with E-state index in [9.17, 15) is 60.2 Å². The van der Waals surface area contributed by atoms with Crippen LogP contribution in [0.15, 0.2) is 51.9 Å². The van der Waals surface area contributed by atoms with Gasteiger partial charge in [-0.1, -0.05) is 23.2 Å². The van der Waals surface area contributed by atoms with E-state index in [2.05, 4.69) is 4.99 Å². The van der Waals surface area contributed by atoms with Gasteiger partial charge < -0.3 is 19.7 Å². The number of nitrogens with zero attached hydrogens (tertiary/aromatic N) is 2. The molecule has 1 aliphatic carbocycles. The van der Waals surface area contributed by atoms with Gasteiger partial charge in [0.1, 0.15) is 11.3 Å². The van der Waals surface area contributed by atoms with Gasteiger partial charge in [-0.25, -0.2) is 14.6 Å². The zero-order valence-electron chi connectivity index (χ0n) is 23.6. The fraction of sp³-hybridized carbons (Fsp3) is 0.138. The number of nitrogens with one attached hydrogen (secondary N) is 1. The summed E-state index contributed by atoms with van der Waals surface area (Å²) in [6, 6.07) is 6.61. The zero-order valence-corrected chi connectivity index (χ0v) is 25.1. The number of hydroxylamine groups is 2. The SMILES string of the molecule is O=C(ON1C(=O)CCC1=O)c1cc(Cl)c(-c2c3cc/c(=N/C(=O)C(F)(F)F)cc-3oc3cc(NC(=O)C(F)(F)F)ccc23)c(C(=O)O)c1Cl. The number of rotatable bonds is 5. The second kappa shape index (κ2) is 12.5. The zero-order chi connectivity index (χ0) is 36.2. The Labute approximate surface area is 276 Å². The average molecular weight is 732 g/mol. The predicted octanol–water partition coefficient (Wildman–Crippen LogP) is 5.92. The van der Waals surface area contributed by atoms with Gasteiger partial charge in [-0.15, -0.1) is 5.06 Å². The minimum atomic E-state index is -5.36. The van der Waals surface area contributed by atoms with Gasteiger partial charge >= 0.3 is 36.1 Å². The predicted molar refractivity (Wildman–Crippen MR) is 153 cm³/mol. The Bertz CT molecular complexity index is 2160. The molecule has 20 heteroatoms. The molecule has 2 N–H and O–H groups in total. The summed E-state index contributed by atoms with van der Waals surface area (Å²) >= 11 is 12.9. The highest BCUT2D eigenvalue weighted by atomic mass is 35.5. The van der Waals surface area contributed by atoms with Crippen LogP contribution in [0.3, 0.4) is 0 Å². The lowest BCUT2D eigenvalue weighted by atomic mass is 9.89. The first-order valence-corrected chi connectivity index (χ1v) is 13.9. The van der Waals surface area contributed by atoms with Crippen molar-refractivity contribution in [2.75, 3.05) is 5.32 Å². The minimum Gasteiger partial charge on any atom is -0.478 e. The lowest BCUT2D eigenvalue weighted by molar-refractivity contribution is -0.172. The Morgan fingerprint density at radius 1 is 0.898 bits per heavy atom. The van der Waals surface area contributed by atoms with E-state index in [1.165, 1.54) is 0 Å². The molecule has 2 aromatic rings. The fourth-order valence-electron chi connectivity index (χ4n) is 4.69. The number of carbonyl (C=O) groups excluding carboxylic acids is 5. The highest BCUT2D eigenvalue weighted by Crippen LogP contribution is 2.47. The second-order valence-corrected chi connectivity index (χ2v) is 10.8. The second-order valence-electron chi connectivity index (χ2n) is 9.97. The summed E-state index contributed by atoms with van der Waals surface area (Å²) in [6.45, 7) is 0. The van der Waals surface area contributed by atoms with Crippen molar-refractivity contribution in [1.82, 2.24) is 5.06 Å². The summed E-state index contributed by atoms with van der Waals surface area (Å²) in [6.07, 6.45) is -11.2. The molecule has 0 aromatic heterocycles. The maximum atomic E-state index is 13.0. The Morgan fingerprint density at radius 3 is 2.14 bits per heavy atom. The van der Waals surface area contributed by atoms with E-state index >= 15 is 0 Å². The number of benzene rings is 3. The van der Waals surface area contributed by atoms with Crippen molar-refractivity contribution in [3.05, 3.63) is 69.0 Å². The first-order valence-electron chi connectivity index (χ1n) is 13.2. The van der Waals surface area contributed by atoms with E-state index < -0.39 is 91.5 Å². The fourth-order valence-corrected chi connectivity index (χ4v) is 5.29. The third-order valence-electron chi connectivity index (χ3n) is 6.77. The van der Waals surface area contributed by atoms with Gasteiger partial charge in [0.2, 0.25) is 0 Å². The molecule has 5 rings (SSSR count). The van der Waals surface area contributed by atoms with Crippen molar-refractivity contribution in [3.8, 4) is 22.5 Å². The monoisotopic (exact) mass is 731 g/mol. The molecule has 12 nitrogen and oxygen atoms in total. The molecule has 4 amide bonds. The summed E-state index contributed by atoms with van der Waals surface area (Å²) in [5.74, 6) is -10.3. The molecule has 3 aliphatic rings. The van der Waals surface area contributed by atoms with Crippen LogP contribution in [0, 0.1) is 0 Å². The molecular weight excluding hydrogens is 719 g/mol. The number of halogens is 8. The summed E-state index contributed by atoms with van der Waals surface area (Å²) < 4.78 is 83.1. The molecule has 1 fully saturated rings. The van der Waals surface area contributed by atoms with Crippen LogP contribution in [-0.2, 0) is 24.0 Å². The maximum absolute atomic E-state index is 13.0. The summed E-state index contributed by atoms with van der Waals surface area (Å²) in [4.78, 5) is 80.3. The lowest BCUT2D eigenvalue weighted by Crippen LogP contribution is -2.32. The topological polar surface area (TPSA) is 173 Å². The number of carboxylic acid groups (broad SMARTS) is 1. The largest absolute Gasteiger partial charge is 0.478 e. The van der Waals surface area contributed by atoms with Gasteiger partial charge in [0.05, 0.1) is 26.5 Å². The molecule has 2 aromatic carbocycles. The normalized spacial score (nSPS) is 14.1. The molecule has 254 valence electrons. The van der Waals surface area contributed by atoms with E-state index in [4.69, 9.17) is 32.5 Å². The van der Waals surface area contributed by atoms with E-state index in [0.29, 0.717) is 0 Å². The van der Waals surface area contributed by atoms with Crippen LogP contribution < -0.4 is 10.7 Å². The number of imide groups is 1. The molecule has 0 saturated carbocycles. The molecule has 0 spiro atoms. The van der Waals surface area contributed by atoms with E-state index in [0.717, 1.165) is 42.5 Å². The third kappa shape index (κ3) is 6.77. The number of fused-ring (bicyclic) bond motifs is 2. The Kier molecular flexibility index (Phi) is 8.90. The van der Waals surface area contributed by atoms with Crippen molar-refractivity contribution in [2.24, 2.45) is 4.99 Å². The number of alkyl halides is 6. The molecule has 2 aliphatic heterocycles. The number of carboxylic acids is 1. The highest BCUT2D eigenvalue weighted by molar-refractivity contribution is 6.41. The molecule has 0 unspecified atom stereocenters. The van der Waals surface area contributed by atoms with Gasteiger partial charge in [0, 0.05) is 52.7 Å². The molecule has 0 radical (unpaired) electrons. The molecular formula is C29H13Cl2F6N3O9. The Balaban J connectivity index is 1.78. The van der Waals surface area contributed by atoms with E-state index in [1.807, 2.05) is 0 Å². The van der Waals surface area contributed by atoms with Crippen molar-refractivity contribution >= 4 is 75.4 Å². The summed E-state index contributed by atoms with van der Waals surface area (Å²) in [5.41, 5.74) is -3.21. The van der Waals surface area contributed by atoms with Crippen molar-refractivity contribution in [2.45, 2.75) is 25.2 Å². The highest BCUT2D eigenvalue weighted by Gasteiger charge is 2.40. The molecule has 0 atom stereocenters. The van der Waals surface area contributed by atoms with Gasteiger partial charge in [-0.05, 0) is 30.3 Å². The first kappa shape index (κ1) is 34.8. The summed E-state index contributed by atoms with van der Waals surface area (Å²) in [5, 5.41) is 9.95. The van der Waals surface area contributed by atoms with E-state index in [-0.39, 0.29) is 40.0 Å².